The van der Waals surface area contributed by atoms with Gasteiger partial charge in [0, 0.05) is 18.5 Å². The van der Waals surface area contributed by atoms with E-state index in [1.54, 1.807) is 0 Å². The molecule has 0 amide bonds. The van der Waals surface area contributed by atoms with Crippen LogP contribution >= 0.6 is 0 Å². The average Bonchev–Trinajstić information content (AvgIpc) is 3.27. The lowest BCUT2D eigenvalue weighted by Gasteiger charge is -2.08. The maximum absolute atomic E-state index is 6.34. The highest BCUT2D eigenvalue weighted by Crippen LogP contribution is 2.45. The van der Waals surface area contributed by atoms with Crippen LogP contribution in [-0.2, 0) is 13.0 Å². The highest BCUT2D eigenvalue weighted by atomic mass is 15.1. The first-order valence-corrected chi connectivity index (χ1v) is 7.31. The molecule has 1 aromatic carbocycles. The molecule has 0 atom stereocenters. The topological polar surface area (TPSA) is 43.8 Å². The average molecular weight is 267 g/mol. The number of nitrogens with zero attached hydrogens (tertiary/aromatic N) is 2. The molecule has 1 aliphatic rings. The van der Waals surface area contributed by atoms with Crippen molar-refractivity contribution in [3.8, 4) is 11.3 Å². The molecule has 1 heterocycles. The third-order valence-corrected chi connectivity index (χ3v) is 3.95. The van der Waals surface area contributed by atoms with Crippen LogP contribution in [0.3, 0.4) is 0 Å². The molecule has 0 bridgehead atoms. The maximum atomic E-state index is 6.34. The standard InChI is InChI=1S/C17H21N3/c1-3-11-20-15(4-2)19-16(17(20)18)14-8-6-5-7-13(14)12-9-10-12/h3,5-8,12H,1,4,9-11,18H2,2H3. The summed E-state index contributed by atoms with van der Waals surface area (Å²) in [6.45, 7) is 6.63. The number of aryl methyl sites for hydroxylation is 1. The number of benzene rings is 1. The van der Waals surface area contributed by atoms with E-state index in [4.69, 9.17) is 10.7 Å². The van der Waals surface area contributed by atoms with Crippen molar-refractivity contribution in [2.45, 2.75) is 38.6 Å². The third-order valence-electron chi connectivity index (χ3n) is 3.95. The summed E-state index contributed by atoms with van der Waals surface area (Å²) < 4.78 is 2.06. The fraction of sp³-hybridized carbons (Fsp3) is 0.353. The number of allylic oxidation sites excluding steroid dienone is 1. The molecular formula is C17H21N3. The second kappa shape index (κ2) is 5.16. The van der Waals surface area contributed by atoms with Crippen LogP contribution in [0.5, 0.6) is 0 Å². The van der Waals surface area contributed by atoms with Gasteiger partial charge in [0.25, 0.3) is 0 Å². The molecule has 2 N–H and O–H groups in total. The second-order valence-electron chi connectivity index (χ2n) is 5.38. The van der Waals surface area contributed by atoms with Gasteiger partial charge in [0.05, 0.1) is 0 Å². The first kappa shape index (κ1) is 13.0. The molecule has 0 spiro atoms. The van der Waals surface area contributed by atoms with Crippen molar-refractivity contribution >= 4 is 5.82 Å². The van der Waals surface area contributed by atoms with E-state index < -0.39 is 0 Å². The number of imidazole rings is 1. The summed E-state index contributed by atoms with van der Waals surface area (Å²) in [6, 6.07) is 8.53. The molecule has 1 fully saturated rings. The first-order chi connectivity index (χ1) is 9.76. The predicted molar refractivity (Wildman–Crippen MR) is 83.6 cm³/mol. The second-order valence-corrected chi connectivity index (χ2v) is 5.38. The van der Waals surface area contributed by atoms with Crippen molar-refractivity contribution in [3.63, 3.8) is 0 Å². The van der Waals surface area contributed by atoms with Gasteiger partial charge in [-0.25, -0.2) is 4.98 Å². The third kappa shape index (κ3) is 2.13. The molecule has 0 saturated heterocycles. The van der Waals surface area contributed by atoms with E-state index in [1.165, 1.54) is 24.0 Å². The monoisotopic (exact) mass is 267 g/mol. The molecule has 0 unspecified atom stereocenters. The minimum absolute atomic E-state index is 0.695. The summed E-state index contributed by atoms with van der Waals surface area (Å²) in [5.41, 5.74) is 9.87. The number of rotatable bonds is 5. The van der Waals surface area contributed by atoms with Crippen LogP contribution in [0.2, 0.25) is 0 Å². The smallest absolute Gasteiger partial charge is 0.132 e. The van der Waals surface area contributed by atoms with E-state index in [1.807, 2.05) is 6.08 Å². The molecule has 2 aromatic rings. The minimum atomic E-state index is 0.695. The largest absolute Gasteiger partial charge is 0.383 e. The van der Waals surface area contributed by atoms with Crippen molar-refractivity contribution in [2.24, 2.45) is 0 Å². The Morgan fingerprint density at radius 2 is 2.15 bits per heavy atom. The van der Waals surface area contributed by atoms with Crippen molar-refractivity contribution in [3.05, 3.63) is 48.3 Å². The van der Waals surface area contributed by atoms with Gasteiger partial charge < -0.3 is 10.3 Å². The van der Waals surface area contributed by atoms with E-state index >= 15 is 0 Å². The Balaban J connectivity index is 2.12. The molecule has 3 rings (SSSR count). The van der Waals surface area contributed by atoms with Crippen LogP contribution in [0, 0.1) is 0 Å². The maximum Gasteiger partial charge on any atom is 0.132 e. The lowest BCUT2D eigenvalue weighted by molar-refractivity contribution is 0.757. The van der Waals surface area contributed by atoms with E-state index in [0.717, 1.165) is 23.8 Å². The van der Waals surface area contributed by atoms with Gasteiger partial charge in [-0.2, -0.15) is 0 Å². The Morgan fingerprint density at radius 1 is 1.40 bits per heavy atom. The Bertz CT molecular complexity index is 636. The summed E-state index contributed by atoms with van der Waals surface area (Å²) in [4.78, 5) is 4.78. The Labute approximate surface area is 120 Å². The number of hydrogen-bond acceptors (Lipinski definition) is 2. The van der Waals surface area contributed by atoms with Gasteiger partial charge in [-0.15, -0.1) is 6.58 Å². The summed E-state index contributed by atoms with van der Waals surface area (Å²) >= 11 is 0. The molecule has 3 nitrogen and oxygen atoms in total. The quantitative estimate of drug-likeness (QED) is 0.838. The summed E-state index contributed by atoms with van der Waals surface area (Å²) in [5, 5.41) is 0. The van der Waals surface area contributed by atoms with Crippen molar-refractivity contribution in [2.75, 3.05) is 5.73 Å². The van der Waals surface area contributed by atoms with E-state index in [9.17, 15) is 0 Å². The molecule has 0 aliphatic heterocycles. The number of aromatic nitrogens is 2. The predicted octanol–water partition coefficient (Wildman–Crippen LogP) is 3.76. The highest BCUT2D eigenvalue weighted by molar-refractivity contribution is 5.74. The lowest BCUT2D eigenvalue weighted by atomic mass is 10.0. The van der Waals surface area contributed by atoms with Crippen molar-refractivity contribution < 1.29 is 0 Å². The van der Waals surface area contributed by atoms with Gasteiger partial charge in [-0.1, -0.05) is 37.3 Å². The van der Waals surface area contributed by atoms with Crippen LogP contribution in [0.1, 0.15) is 37.1 Å². The van der Waals surface area contributed by atoms with E-state index in [0.29, 0.717) is 12.5 Å². The summed E-state index contributed by atoms with van der Waals surface area (Å²) in [7, 11) is 0. The van der Waals surface area contributed by atoms with Gasteiger partial charge in [-0.3, -0.25) is 0 Å². The Morgan fingerprint density at radius 3 is 2.80 bits per heavy atom. The molecule has 0 radical (unpaired) electrons. The summed E-state index contributed by atoms with van der Waals surface area (Å²) in [6.07, 6.45) is 5.31. The van der Waals surface area contributed by atoms with Gasteiger partial charge in [0.2, 0.25) is 0 Å². The minimum Gasteiger partial charge on any atom is -0.383 e. The zero-order chi connectivity index (χ0) is 14.1. The van der Waals surface area contributed by atoms with Crippen molar-refractivity contribution in [1.29, 1.82) is 0 Å². The Kier molecular flexibility index (Phi) is 3.35. The van der Waals surface area contributed by atoms with Gasteiger partial charge in [0.15, 0.2) is 0 Å². The molecule has 104 valence electrons. The fourth-order valence-corrected chi connectivity index (χ4v) is 2.78. The summed E-state index contributed by atoms with van der Waals surface area (Å²) in [5.74, 6) is 2.48. The van der Waals surface area contributed by atoms with E-state index in [2.05, 4.69) is 42.3 Å². The van der Waals surface area contributed by atoms with Crippen LogP contribution in [0.4, 0.5) is 5.82 Å². The van der Waals surface area contributed by atoms with Crippen LogP contribution in [-0.4, -0.2) is 9.55 Å². The first-order valence-electron chi connectivity index (χ1n) is 7.31. The van der Waals surface area contributed by atoms with Crippen LogP contribution < -0.4 is 5.73 Å². The van der Waals surface area contributed by atoms with Crippen molar-refractivity contribution in [1.82, 2.24) is 9.55 Å². The fourth-order valence-electron chi connectivity index (χ4n) is 2.78. The zero-order valence-corrected chi connectivity index (χ0v) is 12.0. The Hall–Kier alpha value is -2.03. The highest BCUT2D eigenvalue weighted by Gasteiger charge is 2.27. The van der Waals surface area contributed by atoms with Gasteiger partial charge in [-0.05, 0) is 24.3 Å². The normalized spacial score (nSPS) is 14.4. The molecule has 1 saturated carbocycles. The number of anilines is 1. The number of nitrogen functional groups attached to an aromatic ring is 1. The zero-order valence-electron chi connectivity index (χ0n) is 12.0. The number of hydrogen-bond donors (Lipinski definition) is 1. The molecule has 1 aromatic heterocycles. The van der Waals surface area contributed by atoms with Crippen LogP contribution in [0.25, 0.3) is 11.3 Å². The van der Waals surface area contributed by atoms with Crippen LogP contribution in [0.15, 0.2) is 36.9 Å². The SMILES string of the molecule is C=CCn1c(CC)nc(-c2ccccc2C2CC2)c1N. The lowest BCUT2D eigenvalue weighted by Crippen LogP contribution is -2.05. The van der Waals surface area contributed by atoms with Gasteiger partial charge >= 0.3 is 0 Å². The molecule has 3 heteroatoms. The van der Waals surface area contributed by atoms with E-state index in [-0.39, 0.29) is 0 Å². The molecular weight excluding hydrogens is 246 g/mol. The molecule has 20 heavy (non-hydrogen) atoms. The molecule has 1 aliphatic carbocycles. The van der Waals surface area contributed by atoms with Gasteiger partial charge in [0.1, 0.15) is 17.3 Å². The number of nitrogens with two attached hydrogens (primary N) is 1.